The molecule has 184 valence electrons. The second kappa shape index (κ2) is 8.35. The molecule has 0 amide bonds. The topological polar surface area (TPSA) is 61.4 Å². The van der Waals surface area contributed by atoms with Crippen LogP contribution in [0.15, 0.2) is 84.9 Å². The Morgan fingerprint density at radius 3 is 1.13 bits per heavy atom. The summed E-state index contributed by atoms with van der Waals surface area (Å²) in [6.07, 6.45) is 0. The number of aryl methyl sites for hydroxylation is 4. The van der Waals surface area contributed by atoms with Crippen molar-refractivity contribution >= 4 is 0 Å². The highest BCUT2D eigenvalue weighted by Gasteiger charge is 2.15. The van der Waals surface area contributed by atoms with Gasteiger partial charge in [0.05, 0.1) is 11.4 Å². The Labute approximate surface area is 218 Å². The normalized spacial score (nSPS) is 15.5. The summed E-state index contributed by atoms with van der Waals surface area (Å²) in [5, 5.41) is 26.8. The SMILES string of the molecule is Cc1cccc(C)c1-n1nnc2/c1=c1/cccc/c1=c1\nnn(-c3c(C)cccc3C)\c1=c1/cccc/c1=2. The van der Waals surface area contributed by atoms with E-state index in [9.17, 15) is 0 Å². The van der Waals surface area contributed by atoms with Crippen LogP contribution in [0.25, 0.3) is 11.4 Å². The number of aromatic nitrogens is 6. The molecule has 0 saturated heterocycles. The predicted octanol–water partition coefficient (Wildman–Crippen LogP) is 5.54. The van der Waals surface area contributed by atoms with Crippen LogP contribution in [0.5, 0.6) is 0 Å². The second-order valence-electron chi connectivity index (χ2n) is 9.97. The largest absolute Gasteiger partial charge is 0.212 e. The van der Waals surface area contributed by atoms with Gasteiger partial charge in [-0.2, -0.15) is 0 Å². The van der Waals surface area contributed by atoms with Crippen LogP contribution in [-0.4, -0.2) is 30.0 Å². The van der Waals surface area contributed by atoms with Crippen LogP contribution in [0.3, 0.4) is 0 Å². The molecular weight excluding hydrogens is 468 g/mol. The summed E-state index contributed by atoms with van der Waals surface area (Å²) < 4.78 is 3.99. The predicted molar refractivity (Wildman–Crippen MR) is 145 cm³/mol. The fourth-order valence-electron chi connectivity index (χ4n) is 5.79. The molecule has 0 N–H and O–H groups in total. The molecule has 0 fully saturated rings. The van der Waals surface area contributed by atoms with E-state index >= 15 is 0 Å². The molecular formula is C32H26N6. The molecule has 7 rings (SSSR count). The average Bonchev–Trinajstić information content (AvgIpc) is 3.52. The first-order valence-corrected chi connectivity index (χ1v) is 12.8. The van der Waals surface area contributed by atoms with Crippen molar-refractivity contribution in [3.05, 3.63) is 149 Å². The van der Waals surface area contributed by atoms with Crippen LogP contribution in [0.1, 0.15) is 22.3 Å². The highest BCUT2D eigenvalue weighted by molar-refractivity contribution is 5.48. The highest BCUT2D eigenvalue weighted by atomic mass is 15.4. The van der Waals surface area contributed by atoms with Crippen molar-refractivity contribution in [2.75, 3.05) is 0 Å². The third-order valence-corrected chi connectivity index (χ3v) is 7.52. The van der Waals surface area contributed by atoms with E-state index in [2.05, 4.69) is 113 Å². The van der Waals surface area contributed by atoms with E-state index in [0.717, 1.165) is 75.9 Å². The standard InChI is InChI=1S/C32H26N6/c1-19-11-9-12-20(2)29(19)37-31-25-17-7-5-15-23(25)28-32(26-18-8-6-16-24(26)27(31)33-35-37)38(36-34-28)30-21(3)13-10-14-22(30)4/h5-18H,1-4H3/b27-24+,28-23+,31-25+,32-26+. The third kappa shape index (κ3) is 3.13. The number of hydrogen-bond donors (Lipinski definition) is 0. The molecule has 0 bridgehead atoms. The minimum atomic E-state index is 0.843. The lowest BCUT2D eigenvalue weighted by molar-refractivity contribution is 0.775. The number of benzene rings is 4. The van der Waals surface area contributed by atoms with E-state index in [0.29, 0.717) is 0 Å². The molecule has 0 radical (unpaired) electrons. The maximum Gasteiger partial charge on any atom is 0.122 e. The summed E-state index contributed by atoms with van der Waals surface area (Å²) in [5.41, 5.74) is 6.68. The van der Waals surface area contributed by atoms with E-state index < -0.39 is 0 Å². The van der Waals surface area contributed by atoms with Crippen LogP contribution < -0.4 is 0 Å². The fraction of sp³-hybridized carbons (Fsp3) is 0.125. The molecule has 2 heterocycles. The van der Waals surface area contributed by atoms with Gasteiger partial charge in [-0.05, 0) is 49.9 Å². The van der Waals surface area contributed by atoms with E-state index in [1.165, 1.54) is 0 Å². The molecule has 0 atom stereocenters. The van der Waals surface area contributed by atoms with Gasteiger partial charge >= 0.3 is 0 Å². The monoisotopic (exact) mass is 494 g/mol. The number of rotatable bonds is 2. The Morgan fingerprint density at radius 1 is 0.421 bits per heavy atom. The lowest BCUT2D eigenvalue weighted by Crippen LogP contribution is -2.05. The first-order chi connectivity index (χ1) is 18.5. The van der Waals surface area contributed by atoms with Crippen LogP contribution in [0.4, 0.5) is 0 Å². The zero-order valence-electron chi connectivity index (χ0n) is 21.8. The molecule has 6 aromatic rings. The van der Waals surface area contributed by atoms with Gasteiger partial charge in [0.25, 0.3) is 0 Å². The van der Waals surface area contributed by atoms with Crippen LogP contribution in [-0.2, 0) is 0 Å². The molecule has 2 aromatic heterocycles. The number of hydrogen-bond acceptors (Lipinski definition) is 4. The van der Waals surface area contributed by atoms with Gasteiger partial charge in [0, 0.05) is 20.9 Å². The Hall–Kier alpha value is -4.84. The van der Waals surface area contributed by atoms with E-state index in [1.54, 1.807) is 0 Å². The molecule has 0 saturated carbocycles. The maximum atomic E-state index is 4.81. The smallest absolute Gasteiger partial charge is 0.122 e. The van der Waals surface area contributed by atoms with Crippen LogP contribution >= 0.6 is 0 Å². The van der Waals surface area contributed by atoms with Gasteiger partial charge in [-0.1, -0.05) is 95.4 Å². The molecule has 38 heavy (non-hydrogen) atoms. The molecule has 0 spiro atoms. The van der Waals surface area contributed by atoms with Gasteiger partial charge in [0.1, 0.15) is 21.4 Å². The van der Waals surface area contributed by atoms with Gasteiger partial charge in [0.15, 0.2) is 0 Å². The van der Waals surface area contributed by atoms with Crippen molar-refractivity contribution in [1.29, 1.82) is 0 Å². The Bertz CT molecular complexity index is 2090. The van der Waals surface area contributed by atoms with Crippen molar-refractivity contribution in [1.82, 2.24) is 30.0 Å². The van der Waals surface area contributed by atoms with Crippen molar-refractivity contribution in [2.24, 2.45) is 0 Å². The van der Waals surface area contributed by atoms with Gasteiger partial charge < -0.3 is 0 Å². The minimum Gasteiger partial charge on any atom is -0.212 e. The van der Waals surface area contributed by atoms with Crippen LogP contribution in [0, 0.1) is 70.0 Å². The number of nitrogens with zero attached hydrogens (tertiary/aromatic N) is 6. The molecule has 6 heteroatoms. The summed E-state index contributed by atoms with van der Waals surface area (Å²) in [5.74, 6) is 0. The summed E-state index contributed by atoms with van der Waals surface area (Å²) in [4.78, 5) is 0. The molecule has 0 unspecified atom stereocenters. The van der Waals surface area contributed by atoms with E-state index in [4.69, 9.17) is 20.6 Å². The molecule has 1 aliphatic carbocycles. The Kier molecular flexibility index (Phi) is 4.91. The molecule has 1 aliphatic rings. The average molecular weight is 495 g/mol. The van der Waals surface area contributed by atoms with Crippen molar-refractivity contribution in [3.63, 3.8) is 0 Å². The first-order valence-electron chi connectivity index (χ1n) is 12.8. The number of para-hydroxylation sites is 2. The van der Waals surface area contributed by atoms with Gasteiger partial charge in [-0.15, -0.1) is 10.2 Å². The lowest BCUT2D eigenvalue weighted by Gasteiger charge is -2.10. The fourth-order valence-corrected chi connectivity index (χ4v) is 5.79. The van der Waals surface area contributed by atoms with Crippen LogP contribution in [0.2, 0.25) is 0 Å². The van der Waals surface area contributed by atoms with Crippen molar-refractivity contribution in [3.8, 4) is 11.4 Å². The zero-order valence-corrected chi connectivity index (χ0v) is 21.8. The second-order valence-corrected chi connectivity index (χ2v) is 9.97. The van der Waals surface area contributed by atoms with Gasteiger partial charge in [-0.25, -0.2) is 9.36 Å². The number of fused-ring (bicyclic) bond motifs is 4. The summed E-state index contributed by atoms with van der Waals surface area (Å²) >= 11 is 0. The quantitative estimate of drug-likeness (QED) is 0.317. The summed E-state index contributed by atoms with van der Waals surface area (Å²) in [6.45, 7) is 8.47. The Morgan fingerprint density at radius 2 is 0.763 bits per heavy atom. The lowest BCUT2D eigenvalue weighted by atomic mass is 10.1. The summed E-state index contributed by atoms with van der Waals surface area (Å²) in [7, 11) is 0. The van der Waals surface area contributed by atoms with Gasteiger partial charge in [0.2, 0.25) is 0 Å². The molecule has 4 aromatic carbocycles. The van der Waals surface area contributed by atoms with Crippen molar-refractivity contribution < 1.29 is 0 Å². The van der Waals surface area contributed by atoms with Gasteiger partial charge in [-0.3, -0.25) is 0 Å². The molecule has 0 aliphatic heterocycles. The minimum absolute atomic E-state index is 0.843. The highest BCUT2D eigenvalue weighted by Crippen LogP contribution is 2.22. The zero-order chi connectivity index (χ0) is 26.0. The third-order valence-electron chi connectivity index (χ3n) is 7.52. The van der Waals surface area contributed by atoms with E-state index in [1.807, 2.05) is 9.36 Å². The molecule has 6 nitrogen and oxygen atoms in total. The Balaban J connectivity index is 1.87. The maximum absolute atomic E-state index is 4.81. The summed E-state index contributed by atoms with van der Waals surface area (Å²) in [6, 6.07) is 29.4. The van der Waals surface area contributed by atoms with Crippen molar-refractivity contribution in [2.45, 2.75) is 27.7 Å². The first kappa shape index (κ1) is 22.4. The van der Waals surface area contributed by atoms with E-state index in [-0.39, 0.29) is 0 Å².